The smallest absolute Gasteiger partial charge is 0.259 e. The summed E-state index contributed by atoms with van der Waals surface area (Å²) in [6, 6.07) is 6.98. The van der Waals surface area contributed by atoms with Gasteiger partial charge in [0, 0.05) is 12.8 Å². The van der Waals surface area contributed by atoms with Crippen LogP contribution < -0.4 is 20.5 Å². The number of amides is 1. The van der Waals surface area contributed by atoms with Crippen molar-refractivity contribution in [3.63, 3.8) is 0 Å². The fraction of sp³-hybridized carbons (Fsp3) is 0.333. The topological polar surface area (TPSA) is 95.7 Å². The van der Waals surface area contributed by atoms with E-state index in [0.29, 0.717) is 29.4 Å². The van der Waals surface area contributed by atoms with Crippen molar-refractivity contribution < 1.29 is 19.0 Å². The first-order valence-corrected chi connectivity index (χ1v) is 8.17. The van der Waals surface area contributed by atoms with Crippen LogP contribution in [-0.2, 0) is 4.74 Å². The van der Waals surface area contributed by atoms with E-state index >= 15 is 0 Å². The molecule has 1 unspecified atom stereocenters. The second-order valence-corrected chi connectivity index (χ2v) is 5.71. The van der Waals surface area contributed by atoms with Crippen LogP contribution in [0.4, 0.5) is 11.5 Å². The van der Waals surface area contributed by atoms with Crippen LogP contribution in [0.3, 0.4) is 0 Å². The molecule has 1 aromatic heterocycles. The minimum Gasteiger partial charge on any atom is -0.453 e. The van der Waals surface area contributed by atoms with Gasteiger partial charge in [-0.2, -0.15) is 0 Å². The van der Waals surface area contributed by atoms with Crippen molar-refractivity contribution in [2.75, 3.05) is 24.5 Å². The normalized spacial score (nSPS) is 13.5. The SMILES string of the molecule is CCCOC(C)c1cc(NC(=O)c2cccnc2N)c2c(c1)OCO2. The third kappa shape index (κ3) is 3.66. The lowest BCUT2D eigenvalue weighted by molar-refractivity contribution is 0.0661. The Morgan fingerprint density at radius 2 is 2.28 bits per heavy atom. The molecule has 132 valence electrons. The van der Waals surface area contributed by atoms with Gasteiger partial charge in [-0.25, -0.2) is 4.98 Å². The zero-order valence-electron chi connectivity index (χ0n) is 14.2. The van der Waals surface area contributed by atoms with Crippen LogP contribution in [0.1, 0.15) is 42.3 Å². The number of hydrogen-bond acceptors (Lipinski definition) is 6. The highest BCUT2D eigenvalue weighted by Crippen LogP contribution is 2.42. The van der Waals surface area contributed by atoms with E-state index in [-0.39, 0.29) is 24.6 Å². The van der Waals surface area contributed by atoms with E-state index in [2.05, 4.69) is 17.2 Å². The maximum Gasteiger partial charge on any atom is 0.259 e. The monoisotopic (exact) mass is 343 g/mol. The first-order valence-electron chi connectivity index (χ1n) is 8.17. The van der Waals surface area contributed by atoms with Gasteiger partial charge in [0.2, 0.25) is 6.79 Å². The molecule has 0 bridgehead atoms. The Morgan fingerprint density at radius 1 is 1.44 bits per heavy atom. The summed E-state index contributed by atoms with van der Waals surface area (Å²) in [5.74, 6) is 0.897. The van der Waals surface area contributed by atoms with Crippen molar-refractivity contribution in [1.29, 1.82) is 0 Å². The number of nitrogens with zero attached hydrogens (tertiary/aromatic N) is 1. The molecule has 3 N–H and O–H groups in total. The number of nitrogens with two attached hydrogens (primary N) is 1. The molecular formula is C18H21N3O4. The molecular weight excluding hydrogens is 322 g/mol. The molecule has 7 nitrogen and oxygen atoms in total. The van der Waals surface area contributed by atoms with Gasteiger partial charge in [-0.3, -0.25) is 4.79 Å². The number of hydrogen-bond donors (Lipinski definition) is 2. The van der Waals surface area contributed by atoms with E-state index in [9.17, 15) is 4.79 Å². The van der Waals surface area contributed by atoms with Crippen LogP contribution >= 0.6 is 0 Å². The molecule has 0 aliphatic carbocycles. The van der Waals surface area contributed by atoms with Gasteiger partial charge in [0.1, 0.15) is 5.82 Å². The predicted molar refractivity (Wildman–Crippen MR) is 93.8 cm³/mol. The number of aromatic nitrogens is 1. The van der Waals surface area contributed by atoms with Gasteiger partial charge in [-0.1, -0.05) is 6.92 Å². The molecule has 1 amide bonds. The Morgan fingerprint density at radius 3 is 3.04 bits per heavy atom. The predicted octanol–water partition coefficient (Wildman–Crippen LogP) is 3.13. The molecule has 0 spiro atoms. The van der Waals surface area contributed by atoms with Crippen LogP contribution in [0.15, 0.2) is 30.5 Å². The highest BCUT2D eigenvalue weighted by Gasteiger charge is 2.23. The Bertz CT molecular complexity index is 779. The minimum absolute atomic E-state index is 0.112. The summed E-state index contributed by atoms with van der Waals surface area (Å²) >= 11 is 0. The summed E-state index contributed by atoms with van der Waals surface area (Å²) < 4.78 is 16.7. The van der Waals surface area contributed by atoms with E-state index in [1.807, 2.05) is 19.1 Å². The average Bonchev–Trinajstić information content (AvgIpc) is 3.08. The standard InChI is InChI=1S/C18H21N3O4/c1-3-7-23-11(2)12-8-14(16-15(9-12)24-10-25-16)21-18(22)13-5-4-6-20-17(13)19/h4-6,8-9,11H,3,7,10H2,1-2H3,(H2,19,20)(H,21,22). The molecule has 0 fully saturated rings. The molecule has 7 heteroatoms. The molecule has 0 saturated heterocycles. The lowest BCUT2D eigenvalue weighted by Gasteiger charge is -2.16. The zero-order valence-corrected chi connectivity index (χ0v) is 14.2. The molecule has 1 atom stereocenters. The third-order valence-corrected chi connectivity index (χ3v) is 3.87. The van der Waals surface area contributed by atoms with Gasteiger partial charge < -0.3 is 25.3 Å². The Hall–Kier alpha value is -2.80. The third-order valence-electron chi connectivity index (χ3n) is 3.87. The number of carbonyl (C=O) groups is 1. The largest absolute Gasteiger partial charge is 0.453 e. The van der Waals surface area contributed by atoms with Gasteiger partial charge in [0.05, 0.1) is 17.4 Å². The lowest BCUT2D eigenvalue weighted by atomic mass is 10.1. The van der Waals surface area contributed by atoms with Crippen LogP contribution in [0, 0.1) is 0 Å². The number of fused-ring (bicyclic) bond motifs is 1. The number of rotatable bonds is 6. The van der Waals surface area contributed by atoms with E-state index in [4.69, 9.17) is 19.9 Å². The molecule has 25 heavy (non-hydrogen) atoms. The van der Waals surface area contributed by atoms with Crippen LogP contribution in [0.25, 0.3) is 0 Å². The number of carbonyl (C=O) groups excluding carboxylic acids is 1. The quantitative estimate of drug-likeness (QED) is 0.836. The molecule has 0 radical (unpaired) electrons. The summed E-state index contributed by atoms with van der Waals surface area (Å²) in [6.45, 7) is 4.78. The zero-order chi connectivity index (χ0) is 17.8. The number of pyridine rings is 1. The number of nitrogen functional groups attached to an aromatic ring is 1. The van der Waals surface area contributed by atoms with Gasteiger partial charge >= 0.3 is 0 Å². The van der Waals surface area contributed by atoms with Crippen molar-refractivity contribution >= 4 is 17.4 Å². The molecule has 1 aliphatic heterocycles. The van der Waals surface area contributed by atoms with Crippen LogP contribution in [0.5, 0.6) is 11.5 Å². The molecule has 1 aliphatic rings. The molecule has 2 heterocycles. The molecule has 0 saturated carbocycles. The molecule has 3 rings (SSSR count). The number of benzene rings is 1. The van der Waals surface area contributed by atoms with Gasteiger partial charge in [-0.05, 0) is 43.2 Å². The first kappa shape index (κ1) is 17.0. The Kier molecular flexibility index (Phi) is 5.04. The first-order chi connectivity index (χ1) is 12.1. The highest BCUT2D eigenvalue weighted by atomic mass is 16.7. The lowest BCUT2D eigenvalue weighted by Crippen LogP contribution is -2.15. The maximum absolute atomic E-state index is 12.5. The Labute approximate surface area is 146 Å². The number of nitrogens with one attached hydrogen (secondary N) is 1. The summed E-state index contributed by atoms with van der Waals surface area (Å²) in [5, 5.41) is 2.83. The van der Waals surface area contributed by atoms with Crippen LogP contribution in [0.2, 0.25) is 0 Å². The van der Waals surface area contributed by atoms with Crippen molar-refractivity contribution in [3.05, 3.63) is 41.6 Å². The fourth-order valence-electron chi connectivity index (χ4n) is 2.55. The molecule has 1 aromatic carbocycles. The Balaban J connectivity index is 1.89. The van der Waals surface area contributed by atoms with Gasteiger partial charge in [-0.15, -0.1) is 0 Å². The summed E-state index contributed by atoms with van der Waals surface area (Å²) in [5.41, 5.74) is 7.49. The second-order valence-electron chi connectivity index (χ2n) is 5.71. The highest BCUT2D eigenvalue weighted by molar-refractivity contribution is 6.08. The van der Waals surface area contributed by atoms with E-state index in [1.54, 1.807) is 12.1 Å². The minimum atomic E-state index is -0.359. The maximum atomic E-state index is 12.5. The second kappa shape index (κ2) is 7.40. The van der Waals surface area contributed by atoms with Gasteiger partial charge in [0.15, 0.2) is 11.5 Å². The number of anilines is 2. The number of ether oxygens (including phenoxy) is 3. The van der Waals surface area contributed by atoms with Crippen LogP contribution in [-0.4, -0.2) is 24.3 Å². The summed E-state index contributed by atoms with van der Waals surface area (Å²) in [7, 11) is 0. The summed E-state index contributed by atoms with van der Waals surface area (Å²) in [6.07, 6.45) is 2.33. The van der Waals surface area contributed by atoms with Crippen molar-refractivity contribution in [1.82, 2.24) is 4.98 Å². The summed E-state index contributed by atoms with van der Waals surface area (Å²) in [4.78, 5) is 16.5. The van der Waals surface area contributed by atoms with E-state index < -0.39 is 0 Å². The van der Waals surface area contributed by atoms with Crippen molar-refractivity contribution in [2.45, 2.75) is 26.4 Å². The van der Waals surface area contributed by atoms with E-state index in [1.165, 1.54) is 6.20 Å². The molecule has 2 aromatic rings. The average molecular weight is 343 g/mol. The van der Waals surface area contributed by atoms with Crippen molar-refractivity contribution in [2.24, 2.45) is 0 Å². The fourth-order valence-corrected chi connectivity index (χ4v) is 2.55. The van der Waals surface area contributed by atoms with Gasteiger partial charge in [0.25, 0.3) is 5.91 Å². The van der Waals surface area contributed by atoms with Crippen molar-refractivity contribution in [3.8, 4) is 11.5 Å². The van der Waals surface area contributed by atoms with E-state index in [0.717, 1.165) is 12.0 Å².